The highest BCUT2D eigenvalue weighted by atomic mass is 32.3. The summed E-state index contributed by atoms with van der Waals surface area (Å²) < 4.78 is 31.6. The van der Waals surface area contributed by atoms with Crippen molar-refractivity contribution in [1.29, 1.82) is 0 Å². The van der Waals surface area contributed by atoms with Crippen LogP contribution < -0.4 is 10.6 Å². The summed E-state index contributed by atoms with van der Waals surface area (Å²) in [5, 5.41) is 9.49. The second-order valence-corrected chi connectivity index (χ2v) is 4.63. The zero-order chi connectivity index (χ0) is 15.1. The van der Waals surface area contributed by atoms with Crippen molar-refractivity contribution in [2.45, 2.75) is 26.6 Å². The number of nitrogens with two attached hydrogens (primary N) is 1. The van der Waals surface area contributed by atoms with Crippen LogP contribution in [-0.4, -0.2) is 35.4 Å². The van der Waals surface area contributed by atoms with Crippen LogP contribution in [0.25, 0.3) is 0 Å². The standard InChI is InChI=1S/C11H18N2O.H2O4S/c1-3-13(9(2)14)11-6-4-10(8-12)5-7-11;1-5(2,3)4/h4-7,9,14H,3,8,12H2,1-2H3;(H2,1,2,3,4). The lowest BCUT2D eigenvalue weighted by Gasteiger charge is -2.26. The summed E-state index contributed by atoms with van der Waals surface area (Å²) in [4.78, 5) is 1.92. The van der Waals surface area contributed by atoms with Gasteiger partial charge in [-0.25, -0.2) is 0 Å². The molecular weight excluding hydrogens is 272 g/mol. The van der Waals surface area contributed by atoms with E-state index in [1.807, 2.05) is 36.1 Å². The normalized spacial score (nSPS) is 12.3. The summed E-state index contributed by atoms with van der Waals surface area (Å²) in [5.41, 5.74) is 7.64. The van der Waals surface area contributed by atoms with Gasteiger partial charge in [0.25, 0.3) is 0 Å². The molecule has 0 aliphatic heterocycles. The SMILES string of the molecule is CCN(c1ccc(CN)cc1)C(C)O.O=S(=O)(O)O. The molecule has 0 saturated heterocycles. The Morgan fingerprint density at radius 3 is 1.95 bits per heavy atom. The fraction of sp³-hybridized carbons (Fsp3) is 0.455. The van der Waals surface area contributed by atoms with Crippen molar-refractivity contribution in [2.24, 2.45) is 5.73 Å². The molecule has 8 heteroatoms. The molecule has 7 nitrogen and oxygen atoms in total. The average Bonchev–Trinajstić information content (AvgIpc) is 2.28. The first kappa shape index (κ1) is 17.8. The van der Waals surface area contributed by atoms with Crippen molar-refractivity contribution in [1.82, 2.24) is 0 Å². The van der Waals surface area contributed by atoms with Gasteiger partial charge < -0.3 is 15.7 Å². The van der Waals surface area contributed by atoms with Crippen LogP contribution in [0.15, 0.2) is 24.3 Å². The van der Waals surface area contributed by atoms with Gasteiger partial charge in [0.2, 0.25) is 0 Å². The second kappa shape index (κ2) is 8.08. The van der Waals surface area contributed by atoms with Crippen molar-refractivity contribution in [2.75, 3.05) is 11.4 Å². The van der Waals surface area contributed by atoms with Gasteiger partial charge in [-0.15, -0.1) is 0 Å². The first-order chi connectivity index (χ1) is 8.69. The topological polar surface area (TPSA) is 124 Å². The van der Waals surface area contributed by atoms with E-state index in [1.165, 1.54) is 0 Å². The molecule has 0 aliphatic rings. The first-order valence-corrected chi connectivity index (χ1v) is 7.02. The molecule has 0 fully saturated rings. The summed E-state index contributed by atoms with van der Waals surface area (Å²) in [6.07, 6.45) is -0.455. The Hall–Kier alpha value is -1.19. The molecule has 1 aromatic carbocycles. The van der Waals surface area contributed by atoms with Crippen LogP contribution in [0.1, 0.15) is 19.4 Å². The number of aliphatic hydroxyl groups is 1. The largest absolute Gasteiger partial charge is 0.394 e. The third-order valence-corrected chi connectivity index (χ3v) is 2.30. The summed E-state index contributed by atoms with van der Waals surface area (Å²) >= 11 is 0. The van der Waals surface area contributed by atoms with Gasteiger partial charge in [-0.2, -0.15) is 8.42 Å². The minimum Gasteiger partial charge on any atom is -0.374 e. The second-order valence-electron chi connectivity index (χ2n) is 3.74. The molecule has 0 aromatic heterocycles. The molecule has 1 unspecified atom stereocenters. The van der Waals surface area contributed by atoms with Crippen LogP contribution in [0, 0.1) is 0 Å². The maximum atomic E-state index is 9.49. The molecule has 1 rings (SSSR count). The third-order valence-electron chi connectivity index (χ3n) is 2.30. The number of hydrogen-bond donors (Lipinski definition) is 4. The quantitative estimate of drug-likeness (QED) is 0.474. The van der Waals surface area contributed by atoms with Gasteiger partial charge in [-0.3, -0.25) is 9.11 Å². The van der Waals surface area contributed by atoms with Gasteiger partial charge in [0.05, 0.1) is 0 Å². The van der Waals surface area contributed by atoms with E-state index in [4.69, 9.17) is 23.3 Å². The smallest absolute Gasteiger partial charge is 0.374 e. The van der Waals surface area contributed by atoms with E-state index >= 15 is 0 Å². The summed E-state index contributed by atoms with van der Waals surface area (Å²) in [7, 11) is -4.67. The summed E-state index contributed by atoms with van der Waals surface area (Å²) in [5.74, 6) is 0. The minimum atomic E-state index is -4.67. The molecule has 0 bridgehead atoms. The van der Waals surface area contributed by atoms with Gasteiger partial charge in [0.1, 0.15) is 6.23 Å². The molecule has 1 atom stereocenters. The Morgan fingerprint density at radius 1 is 1.26 bits per heavy atom. The van der Waals surface area contributed by atoms with E-state index in [9.17, 15) is 5.11 Å². The van der Waals surface area contributed by atoms with Crippen molar-refractivity contribution in [3.05, 3.63) is 29.8 Å². The van der Waals surface area contributed by atoms with Crippen LogP contribution in [-0.2, 0) is 16.9 Å². The Morgan fingerprint density at radius 2 is 1.68 bits per heavy atom. The minimum absolute atomic E-state index is 0.455. The fourth-order valence-corrected chi connectivity index (χ4v) is 1.49. The Balaban J connectivity index is 0.000000555. The van der Waals surface area contributed by atoms with E-state index in [2.05, 4.69) is 0 Å². The lowest BCUT2D eigenvalue weighted by molar-refractivity contribution is 0.190. The van der Waals surface area contributed by atoms with Crippen molar-refractivity contribution < 1.29 is 22.6 Å². The molecule has 19 heavy (non-hydrogen) atoms. The highest BCUT2D eigenvalue weighted by molar-refractivity contribution is 7.79. The number of benzene rings is 1. The zero-order valence-corrected chi connectivity index (χ0v) is 11.7. The van der Waals surface area contributed by atoms with Gasteiger partial charge in [-0.05, 0) is 31.5 Å². The molecule has 0 aliphatic carbocycles. The average molecular weight is 292 g/mol. The maximum Gasteiger partial charge on any atom is 0.394 e. The highest BCUT2D eigenvalue weighted by Gasteiger charge is 2.08. The summed E-state index contributed by atoms with van der Waals surface area (Å²) in [6.45, 7) is 5.13. The van der Waals surface area contributed by atoms with E-state index in [0.717, 1.165) is 17.8 Å². The lowest BCUT2D eigenvalue weighted by atomic mass is 10.2. The summed E-state index contributed by atoms with van der Waals surface area (Å²) in [6, 6.07) is 7.94. The van der Waals surface area contributed by atoms with Crippen LogP contribution in [0.3, 0.4) is 0 Å². The monoisotopic (exact) mass is 292 g/mol. The molecular formula is C11H20N2O5S. The lowest BCUT2D eigenvalue weighted by Crippen LogP contribution is -2.32. The van der Waals surface area contributed by atoms with Crippen LogP contribution in [0.2, 0.25) is 0 Å². The molecule has 0 radical (unpaired) electrons. The fourth-order valence-electron chi connectivity index (χ4n) is 1.49. The van der Waals surface area contributed by atoms with Gasteiger partial charge >= 0.3 is 10.4 Å². The Bertz CT molecular complexity index is 450. The van der Waals surface area contributed by atoms with E-state index in [0.29, 0.717) is 6.54 Å². The number of nitrogens with zero attached hydrogens (tertiary/aromatic N) is 1. The Labute approximate surface area is 113 Å². The van der Waals surface area contributed by atoms with E-state index in [-0.39, 0.29) is 0 Å². The number of rotatable bonds is 4. The number of anilines is 1. The third kappa shape index (κ3) is 8.51. The highest BCUT2D eigenvalue weighted by Crippen LogP contribution is 2.16. The molecule has 0 spiro atoms. The predicted octanol–water partition coefficient (Wildman–Crippen LogP) is 0.657. The molecule has 0 heterocycles. The molecule has 5 N–H and O–H groups in total. The first-order valence-electron chi connectivity index (χ1n) is 5.62. The van der Waals surface area contributed by atoms with Crippen molar-refractivity contribution >= 4 is 16.1 Å². The van der Waals surface area contributed by atoms with Gasteiger partial charge in [0, 0.05) is 18.8 Å². The van der Waals surface area contributed by atoms with Gasteiger partial charge in [-0.1, -0.05) is 12.1 Å². The molecule has 1 aromatic rings. The van der Waals surface area contributed by atoms with E-state index < -0.39 is 16.6 Å². The van der Waals surface area contributed by atoms with Crippen LogP contribution >= 0.6 is 0 Å². The maximum absolute atomic E-state index is 9.49. The molecule has 0 amide bonds. The van der Waals surface area contributed by atoms with Crippen molar-refractivity contribution in [3.63, 3.8) is 0 Å². The van der Waals surface area contributed by atoms with Crippen molar-refractivity contribution in [3.8, 4) is 0 Å². The zero-order valence-electron chi connectivity index (χ0n) is 10.9. The number of aliphatic hydroxyl groups excluding tert-OH is 1. The number of hydrogen-bond acceptors (Lipinski definition) is 5. The molecule has 0 saturated carbocycles. The van der Waals surface area contributed by atoms with Gasteiger partial charge in [0.15, 0.2) is 0 Å². The van der Waals surface area contributed by atoms with E-state index in [1.54, 1.807) is 6.92 Å². The predicted molar refractivity (Wildman–Crippen MR) is 73.2 cm³/mol. The van der Waals surface area contributed by atoms with Crippen LogP contribution in [0.4, 0.5) is 5.69 Å². The van der Waals surface area contributed by atoms with Crippen LogP contribution in [0.5, 0.6) is 0 Å². The Kier molecular flexibility index (Phi) is 7.57. The molecule has 110 valence electrons.